The number of nitrogens with zero attached hydrogens (tertiary/aromatic N) is 1. The number of benzene rings is 2. The van der Waals surface area contributed by atoms with Crippen molar-refractivity contribution in [3.05, 3.63) is 88.9 Å². The summed E-state index contributed by atoms with van der Waals surface area (Å²) in [4.78, 5) is 14.9. The van der Waals surface area contributed by atoms with Crippen LogP contribution in [-0.2, 0) is 6.54 Å². The fraction of sp³-hybridized carbons (Fsp3) is 0.261. The first kappa shape index (κ1) is 18.9. The van der Waals surface area contributed by atoms with Crippen LogP contribution < -0.4 is 5.32 Å². The summed E-state index contributed by atoms with van der Waals surface area (Å²) in [5.74, 6) is 0.845. The molecule has 0 saturated heterocycles. The number of amides is 1. The van der Waals surface area contributed by atoms with Gasteiger partial charge < -0.3 is 9.73 Å². The van der Waals surface area contributed by atoms with Crippen LogP contribution in [-0.4, -0.2) is 17.9 Å². The zero-order chi connectivity index (χ0) is 19.4. The average Bonchev–Trinajstić information content (AvgIpc) is 3.19. The highest BCUT2D eigenvalue weighted by Crippen LogP contribution is 2.23. The second kappa shape index (κ2) is 8.23. The van der Waals surface area contributed by atoms with Gasteiger partial charge in [0.05, 0.1) is 12.3 Å². The Labute approximate surface area is 160 Å². The van der Waals surface area contributed by atoms with Gasteiger partial charge in [0.2, 0.25) is 0 Å². The van der Waals surface area contributed by atoms with E-state index in [9.17, 15) is 4.79 Å². The summed E-state index contributed by atoms with van der Waals surface area (Å²) < 4.78 is 5.50. The summed E-state index contributed by atoms with van der Waals surface area (Å²) in [5, 5.41) is 3.05. The molecule has 1 amide bonds. The van der Waals surface area contributed by atoms with Crippen LogP contribution in [0.25, 0.3) is 0 Å². The highest BCUT2D eigenvalue weighted by atomic mass is 16.3. The fourth-order valence-corrected chi connectivity index (χ4v) is 3.18. The largest absolute Gasteiger partial charge is 0.468 e. The number of rotatable bonds is 6. The van der Waals surface area contributed by atoms with E-state index in [1.807, 2.05) is 68.4 Å². The number of nitrogens with one attached hydrogen (secondary N) is 1. The normalized spacial score (nSPS) is 12.2. The average molecular weight is 362 g/mol. The van der Waals surface area contributed by atoms with E-state index in [2.05, 4.69) is 24.2 Å². The van der Waals surface area contributed by atoms with Crippen LogP contribution in [0, 0.1) is 13.8 Å². The van der Waals surface area contributed by atoms with Gasteiger partial charge in [-0.1, -0.05) is 30.3 Å². The van der Waals surface area contributed by atoms with Crippen molar-refractivity contribution in [2.45, 2.75) is 33.4 Å². The lowest BCUT2D eigenvalue weighted by Crippen LogP contribution is -2.22. The second-order valence-corrected chi connectivity index (χ2v) is 7.03. The van der Waals surface area contributed by atoms with Crippen LogP contribution in [0.4, 0.5) is 5.69 Å². The van der Waals surface area contributed by atoms with E-state index in [0.717, 1.165) is 34.7 Å². The molecule has 0 aliphatic carbocycles. The quantitative estimate of drug-likeness (QED) is 0.643. The standard InChI is InChI=1S/C23H26N2O2/c1-16-8-5-9-17(2)22(16)24-23(26)20-11-6-10-19(14-20)15-25(4)18(3)21-12-7-13-27-21/h5-14,18H,15H2,1-4H3,(H,24,26)/t18-/m0/s1. The van der Waals surface area contributed by atoms with Crippen molar-refractivity contribution in [1.82, 2.24) is 4.90 Å². The highest BCUT2D eigenvalue weighted by Gasteiger charge is 2.15. The predicted octanol–water partition coefficient (Wildman–Crippen LogP) is 5.34. The third kappa shape index (κ3) is 4.47. The van der Waals surface area contributed by atoms with Crippen molar-refractivity contribution in [1.29, 1.82) is 0 Å². The number of carbonyl (C=O) groups is 1. The Hall–Kier alpha value is -2.85. The first-order chi connectivity index (χ1) is 13.0. The van der Waals surface area contributed by atoms with Gasteiger partial charge in [-0.25, -0.2) is 0 Å². The first-order valence-electron chi connectivity index (χ1n) is 9.16. The van der Waals surface area contributed by atoms with Crippen LogP contribution in [0.1, 0.15) is 45.8 Å². The van der Waals surface area contributed by atoms with E-state index in [1.54, 1.807) is 6.26 Å². The highest BCUT2D eigenvalue weighted by molar-refractivity contribution is 6.05. The van der Waals surface area contributed by atoms with Gasteiger partial charge in [0.25, 0.3) is 5.91 Å². The minimum atomic E-state index is -0.0870. The van der Waals surface area contributed by atoms with Crippen LogP contribution in [0.2, 0.25) is 0 Å². The number of carbonyl (C=O) groups excluding carboxylic acids is 1. The van der Waals surface area contributed by atoms with E-state index in [1.165, 1.54) is 0 Å². The molecule has 27 heavy (non-hydrogen) atoms. The molecule has 0 spiro atoms. The van der Waals surface area contributed by atoms with Crippen LogP contribution in [0.5, 0.6) is 0 Å². The molecule has 1 heterocycles. The Kier molecular flexibility index (Phi) is 5.77. The summed E-state index contributed by atoms with van der Waals surface area (Å²) in [6.45, 7) is 6.84. The molecule has 0 aliphatic heterocycles. The lowest BCUT2D eigenvalue weighted by atomic mass is 10.1. The molecule has 3 rings (SSSR count). The molecule has 1 N–H and O–H groups in total. The lowest BCUT2D eigenvalue weighted by Gasteiger charge is -2.23. The van der Waals surface area contributed by atoms with Crippen molar-refractivity contribution < 1.29 is 9.21 Å². The number of aryl methyl sites for hydroxylation is 2. The van der Waals surface area contributed by atoms with Crippen LogP contribution in [0.15, 0.2) is 65.3 Å². The van der Waals surface area contributed by atoms with Crippen LogP contribution >= 0.6 is 0 Å². The Bertz CT molecular complexity index is 896. The lowest BCUT2D eigenvalue weighted by molar-refractivity contribution is 0.102. The molecule has 4 nitrogen and oxygen atoms in total. The summed E-state index contributed by atoms with van der Waals surface area (Å²) in [5.41, 5.74) is 4.76. The van der Waals surface area contributed by atoms with Crippen LogP contribution in [0.3, 0.4) is 0 Å². The van der Waals surface area contributed by atoms with Crippen molar-refractivity contribution in [2.24, 2.45) is 0 Å². The molecule has 2 aromatic carbocycles. The summed E-state index contributed by atoms with van der Waals surface area (Å²) >= 11 is 0. The molecule has 1 atom stereocenters. The maximum absolute atomic E-state index is 12.7. The Morgan fingerprint density at radius 1 is 1.07 bits per heavy atom. The number of anilines is 1. The molecule has 0 radical (unpaired) electrons. The smallest absolute Gasteiger partial charge is 0.255 e. The van der Waals surface area contributed by atoms with Gasteiger partial charge in [-0.05, 0) is 68.8 Å². The zero-order valence-electron chi connectivity index (χ0n) is 16.3. The van der Waals surface area contributed by atoms with Crippen molar-refractivity contribution in [3.8, 4) is 0 Å². The van der Waals surface area contributed by atoms with Gasteiger partial charge in [0.1, 0.15) is 5.76 Å². The summed E-state index contributed by atoms with van der Waals surface area (Å²) in [6.07, 6.45) is 1.69. The molecule has 140 valence electrons. The van der Waals surface area contributed by atoms with E-state index in [0.29, 0.717) is 5.56 Å². The molecule has 1 aromatic heterocycles. The monoisotopic (exact) mass is 362 g/mol. The minimum Gasteiger partial charge on any atom is -0.468 e. The van der Waals surface area contributed by atoms with Crippen molar-refractivity contribution in [3.63, 3.8) is 0 Å². The maximum Gasteiger partial charge on any atom is 0.255 e. The molecule has 3 aromatic rings. The molecule has 0 aliphatic rings. The third-order valence-electron chi connectivity index (χ3n) is 4.96. The topological polar surface area (TPSA) is 45.5 Å². The first-order valence-corrected chi connectivity index (χ1v) is 9.16. The van der Waals surface area contributed by atoms with Gasteiger partial charge in [0.15, 0.2) is 0 Å². The second-order valence-electron chi connectivity index (χ2n) is 7.03. The SMILES string of the molecule is Cc1cccc(C)c1NC(=O)c1cccc(CN(C)[C@@H](C)c2ccco2)c1. The Morgan fingerprint density at radius 2 is 1.78 bits per heavy atom. The van der Waals surface area contributed by atoms with E-state index in [-0.39, 0.29) is 11.9 Å². The van der Waals surface area contributed by atoms with Gasteiger partial charge in [-0.2, -0.15) is 0 Å². The van der Waals surface area contributed by atoms with Crippen molar-refractivity contribution >= 4 is 11.6 Å². The fourth-order valence-electron chi connectivity index (χ4n) is 3.18. The zero-order valence-corrected chi connectivity index (χ0v) is 16.3. The summed E-state index contributed by atoms with van der Waals surface area (Å²) in [7, 11) is 2.05. The molecule has 0 saturated carbocycles. The number of furan rings is 1. The van der Waals surface area contributed by atoms with E-state index >= 15 is 0 Å². The van der Waals surface area contributed by atoms with Gasteiger partial charge in [-0.3, -0.25) is 9.69 Å². The number of hydrogen-bond donors (Lipinski definition) is 1. The maximum atomic E-state index is 12.7. The number of para-hydroxylation sites is 1. The number of hydrogen-bond acceptors (Lipinski definition) is 3. The van der Waals surface area contributed by atoms with Gasteiger partial charge >= 0.3 is 0 Å². The minimum absolute atomic E-state index is 0.0870. The Morgan fingerprint density at radius 3 is 2.44 bits per heavy atom. The molecule has 0 fully saturated rings. The van der Waals surface area contributed by atoms with Crippen molar-refractivity contribution in [2.75, 3.05) is 12.4 Å². The van der Waals surface area contributed by atoms with Gasteiger partial charge in [0, 0.05) is 17.8 Å². The summed E-state index contributed by atoms with van der Waals surface area (Å²) in [6, 6.07) is 17.8. The van der Waals surface area contributed by atoms with Gasteiger partial charge in [-0.15, -0.1) is 0 Å². The Balaban J connectivity index is 1.72. The van der Waals surface area contributed by atoms with E-state index < -0.39 is 0 Å². The molecular formula is C23H26N2O2. The molecule has 4 heteroatoms. The molecular weight excluding hydrogens is 336 g/mol. The molecule has 0 unspecified atom stereocenters. The molecule has 0 bridgehead atoms. The third-order valence-corrected chi connectivity index (χ3v) is 4.96. The predicted molar refractivity (Wildman–Crippen MR) is 109 cm³/mol. The van der Waals surface area contributed by atoms with E-state index in [4.69, 9.17) is 4.42 Å².